The van der Waals surface area contributed by atoms with Crippen LogP contribution in [0.5, 0.6) is 0 Å². The molecule has 2 heterocycles. The van der Waals surface area contributed by atoms with Crippen molar-refractivity contribution < 1.29 is 23.5 Å². The molecular formula is C28H25Cl2F2N3O3. The third-order valence-electron chi connectivity index (χ3n) is 7.34. The predicted octanol–water partition coefficient (Wildman–Crippen LogP) is 5.90. The van der Waals surface area contributed by atoms with E-state index in [0.29, 0.717) is 54.1 Å². The summed E-state index contributed by atoms with van der Waals surface area (Å²) in [7, 11) is 0. The molecule has 0 radical (unpaired) electrons. The van der Waals surface area contributed by atoms with Crippen LogP contribution >= 0.6 is 23.2 Å². The molecular weight excluding hydrogens is 535 g/mol. The van der Waals surface area contributed by atoms with E-state index in [1.165, 1.54) is 6.07 Å². The van der Waals surface area contributed by atoms with Crippen molar-refractivity contribution in [3.63, 3.8) is 0 Å². The second-order valence-electron chi connectivity index (χ2n) is 9.73. The summed E-state index contributed by atoms with van der Waals surface area (Å²) in [5.41, 5.74) is -1.12. The van der Waals surface area contributed by atoms with Crippen molar-refractivity contribution in [3.8, 4) is 0 Å². The molecule has 1 unspecified atom stereocenters. The fraction of sp³-hybridized carbons (Fsp3) is 0.321. The van der Waals surface area contributed by atoms with E-state index in [9.17, 15) is 23.5 Å². The Morgan fingerprint density at radius 2 is 1.79 bits per heavy atom. The van der Waals surface area contributed by atoms with Crippen molar-refractivity contribution in [1.29, 1.82) is 0 Å². The van der Waals surface area contributed by atoms with Crippen molar-refractivity contribution in [3.05, 3.63) is 93.2 Å². The number of hydrogen-bond donors (Lipinski definition) is 2. The van der Waals surface area contributed by atoms with Crippen LogP contribution in [-0.2, 0) is 10.4 Å². The van der Waals surface area contributed by atoms with Gasteiger partial charge in [-0.25, -0.2) is 8.78 Å². The van der Waals surface area contributed by atoms with Crippen LogP contribution in [0.15, 0.2) is 60.8 Å². The van der Waals surface area contributed by atoms with Crippen LogP contribution in [0.4, 0.5) is 14.5 Å². The highest BCUT2D eigenvalue weighted by molar-refractivity contribution is 6.31. The number of benzene rings is 2. The van der Waals surface area contributed by atoms with Gasteiger partial charge < -0.3 is 15.3 Å². The molecule has 1 saturated carbocycles. The maximum atomic E-state index is 13.6. The zero-order valence-corrected chi connectivity index (χ0v) is 21.7. The van der Waals surface area contributed by atoms with E-state index < -0.39 is 29.5 Å². The molecule has 1 fully saturated rings. The Labute approximate surface area is 228 Å². The minimum absolute atomic E-state index is 0.107. The number of rotatable bonds is 6. The summed E-state index contributed by atoms with van der Waals surface area (Å²) in [5.74, 6) is -0.935. The maximum absolute atomic E-state index is 13.6. The molecule has 10 heteroatoms. The van der Waals surface area contributed by atoms with E-state index in [0.717, 1.165) is 6.20 Å². The minimum Gasteiger partial charge on any atom is -0.372 e. The molecule has 2 amide bonds. The van der Waals surface area contributed by atoms with Gasteiger partial charge in [-0.2, -0.15) is 0 Å². The average molecular weight is 560 g/mol. The van der Waals surface area contributed by atoms with E-state index in [4.69, 9.17) is 23.2 Å². The summed E-state index contributed by atoms with van der Waals surface area (Å²) in [6.07, 6.45) is 0.845. The average Bonchev–Trinajstić information content (AvgIpc) is 3.12. The van der Waals surface area contributed by atoms with Gasteiger partial charge in [-0.05, 0) is 61.4 Å². The Bertz CT molecular complexity index is 1370. The second-order valence-corrected chi connectivity index (χ2v) is 10.6. The molecule has 5 rings (SSSR count). The maximum Gasteiger partial charge on any atom is 0.281 e. The summed E-state index contributed by atoms with van der Waals surface area (Å²) in [6, 6.07) is 14.9. The molecule has 1 aliphatic heterocycles. The van der Waals surface area contributed by atoms with Crippen molar-refractivity contribution in [2.45, 2.75) is 43.8 Å². The van der Waals surface area contributed by atoms with Crippen LogP contribution in [0.3, 0.4) is 0 Å². The first-order chi connectivity index (χ1) is 18.2. The largest absolute Gasteiger partial charge is 0.372 e. The molecule has 3 aromatic rings. The molecule has 1 aromatic heterocycles. The first kappa shape index (κ1) is 26.5. The summed E-state index contributed by atoms with van der Waals surface area (Å²) in [5, 5.41) is 15.0. The molecule has 38 heavy (non-hydrogen) atoms. The van der Waals surface area contributed by atoms with Gasteiger partial charge in [0.15, 0.2) is 5.60 Å². The lowest BCUT2D eigenvalue weighted by Gasteiger charge is -2.32. The lowest BCUT2D eigenvalue weighted by Crippen LogP contribution is -2.44. The number of fused-ring (bicyclic) bond motifs is 1. The van der Waals surface area contributed by atoms with Crippen LogP contribution < -0.4 is 10.2 Å². The quantitative estimate of drug-likeness (QED) is 0.394. The number of carbonyl (C=O) groups is 2. The number of pyridine rings is 1. The van der Waals surface area contributed by atoms with E-state index in [-0.39, 0.29) is 22.5 Å². The molecule has 2 N–H and O–H groups in total. The highest BCUT2D eigenvalue weighted by Gasteiger charge is 2.51. The zero-order valence-electron chi connectivity index (χ0n) is 20.2. The molecule has 0 bridgehead atoms. The Morgan fingerprint density at radius 3 is 2.47 bits per heavy atom. The van der Waals surface area contributed by atoms with Crippen LogP contribution in [0.1, 0.15) is 59.3 Å². The number of carbonyl (C=O) groups excluding carboxylic acids is 2. The number of aromatic nitrogens is 1. The van der Waals surface area contributed by atoms with Gasteiger partial charge in [-0.1, -0.05) is 53.5 Å². The number of amides is 2. The number of anilines is 1. The predicted molar refractivity (Wildman–Crippen MR) is 141 cm³/mol. The van der Waals surface area contributed by atoms with Gasteiger partial charge in [-0.15, -0.1) is 0 Å². The third kappa shape index (κ3) is 4.88. The van der Waals surface area contributed by atoms with Gasteiger partial charge in [0.25, 0.3) is 18.2 Å². The molecule has 1 atom stereocenters. The Balaban J connectivity index is 1.28. The number of alkyl halides is 2. The number of halogens is 4. The van der Waals surface area contributed by atoms with Crippen molar-refractivity contribution >= 4 is 40.7 Å². The van der Waals surface area contributed by atoms with Crippen molar-refractivity contribution in [2.24, 2.45) is 5.92 Å². The van der Waals surface area contributed by atoms with Crippen molar-refractivity contribution in [2.75, 3.05) is 11.4 Å². The van der Waals surface area contributed by atoms with Gasteiger partial charge >= 0.3 is 0 Å². The fourth-order valence-electron chi connectivity index (χ4n) is 5.41. The summed E-state index contributed by atoms with van der Waals surface area (Å²) in [6.45, 7) is 0.400. The highest BCUT2D eigenvalue weighted by atomic mass is 35.5. The molecule has 198 valence electrons. The molecule has 6 nitrogen and oxygen atoms in total. The smallest absolute Gasteiger partial charge is 0.281 e. The lowest BCUT2D eigenvalue weighted by molar-refractivity contribution is -0.132. The summed E-state index contributed by atoms with van der Waals surface area (Å²) < 4.78 is 26.6. The Morgan fingerprint density at radius 1 is 1.08 bits per heavy atom. The van der Waals surface area contributed by atoms with E-state index in [2.05, 4.69) is 10.3 Å². The third-order valence-corrected chi connectivity index (χ3v) is 7.79. The monoisotopic (exact) mass is 559 g/mol. The Kier molecular flexibility index (Phi) is 7.40. The minimum atomic E-state index is -2.89. The van der Waals surface area contributed by atoms with Gasteiger partial charge in [0, 0.05) is 29.4 Å². The number of nitrogens with one attached hydrogen (secondary N) is 1. The summed E-state index contributed by atoms with van der Waals surface area (Å²) in [4.78, 5) is 31.6. The molecule has 2 aromatic carbocycles. The second kappa shape index (κ2) is 10.6. The first-order valence-corrected chi connectivity index (χ1v) is 13.1. The molecule has 1 aliphatic carbocycles. The zero-order chi connectivity index (χ0) is 27.0. The molecule has 0 saturated heterocycles. The van der Waals surface area contributed by atoms with Crippen LogP contribution in [-0.4, -0.2) is 34.5 Å². The summed E-state index contributed by atoms with van der Waals surface area (Å²) >= 11 is 12.1. The van der Waals surface area contributed by atoms with Gasteiger partial charge in [-0.3, -0.25) is 14.6 Å². The van der Waals surface area contributed by atoms with Gasteiger partial charge in [0.2, 0.25) is 0 Å². The first-order valence-electron chi connectivity index (χ1n) is 12.3. The lowest BCUT2D eigenvalue weighted by atomic mass is 9.85. The van der Waals surface area contributed by atoms with Crippen molar-refractivity contribution in [1.82, 2.24) is 10.3 Å². The number of hydrogen-bond acceptors (Lipinski definition) is 4. The standard InChI is InChI=1S/C28H25Cl2F2N3O3/c29-18-8-11-23-22(13-18)28(38,17-4-2-1-3-5-17)27(37)35(23)15-16-6-9-20(10-7-16)34-26(36)21-12-19(30)14-33-24(21)25(31)32/h1-5,8,11-14,16,20,25,38H,6-7,9-10,15H2,(H,34,36). The van der Waals surface area contributed by atoms with Crippen LogP contribution in [0, 0.1) is 5.92 Å². The fourth-order valence-corrected chi connectivity index (χ4v) is 5.74. The Hall–Kier alpha value is -3.07. The number of nitrogens with zero attached hydrogens (tertiary/aromatic N) is 2. The van der Waals surface area contributed by atoms with Gasteiger partial charge in [0.05, 0.1) is 16.3 Å². The molecule has 2 aliphatic rings. The highest BCUT2D eigenvalue weighted by Crippen LogP contribution is 2.46. The molecule has 0 spiro atoms. The topological polar surface area (TPSA) is 82.5 Å². The van der Waals surface area contributed by atoms with Crippen LogP contribution in [0.2, 0.25) is 10.0 Å². The van der Waals surface area contributed by atoms with E-state index >= 15 is 0 Å². The normalized spacial score (nSPS) is 23.0. The van der Waals surface area contributed by atoms with E-state index in [1.807, 2.05) is 6.07 Å². The number of aliphatic hydroxyl groups is 1. The van der Waals surface area contributed by atoms with E-state index in [1.54, 1.807) is 47.4 Å². The van der Waals surface area contributed by atoms with Gasteiger partial charge in [0.1, 0.15) is 5.69 Å². The van der Waals surface area contributed by atoms with Crippen LogP contribution in [0.25, 0.3) is 0 Å². The SMILES string of the molecule is O=C(NC1CCC(CN2C(=O)C(O)(c3ccccc3)c3cc(Cl)ccc32)CC1)c1cc(Cl)cnc1C(F)F.